The number of benzene rings is 2. The number of halogens is 1. The summed E-state index contributed by atoms with van der Waals surface area (Å²) in [7, 11) is 3.13. The molecule has 0 saturated carbocycles. The number of hydrogen-bond donors (Lipinski definition) is 1. The number of rotatable bonds is 8. The first-order valence-electron chi connectivity index (χ1n) is 9.18. The minimum Gasteiger partial charge on any atom is -0.495 e. The smallest absolute Gasteiger partial charge is 0.244 e. The molecule has 8 heteroatoms. The number of likely N-dealkylation sites (N-methyl/N-ethyl adjacent to an activating group) is 1. The van der Waals surface area contributed by atoms with Gasteiger partial charge in [-0.3, -0.25) is 9.59 Å². The highest BCUT2D eigenvalue weighted by molar-refractivity contribution is 7.18. The zero-order valence-electron chi connectivity index (χ0n) is 16.3. The van der Waals surface area contributed by atoms with Crippen molar-refractivity contribution in [3.8, 4) is 5.75 Å². The summed E-state index contributed by atoms with van der Waals surface area (Å²) in [5.74, 6) is 0.111. The molecule has 6 nitrogen and oxygen atoms in total. The number of nitrogens with one attached hydrogen (secondary N) is 1. The van der Waals surface area contributed by atoms with Crippen molar-refractivity contribution in [2.75, 3.05) is 26.0 Å². The van der Waals surface area contributed by atoms with Crippen LogP contribution in [-0.4, -0.2) is 42.4 Å². The fourth-order valence-electron chi connectivity index (χ4n) is 2.88. The van der Waals surface area contributed by atoms with E-state index in [-0.39, 0.29) is 18.4 Å². The van der Waals surface area contributed by atoms with Gasteiger partial charge in [0.2, 0.25) is 11.8 Å². The van der Waals surface area contributed by atoms with Gasteiger partial charge in [0.25, 0.3) is 0 Å². The Bertz CT molecular complexity index is 988. The van der Waals surface area contributed by atoms with Crippen molar-refractivity contribution in [2.45, 2.75) is 19.3 Å². The van der Waals surface area contributed by atoms with Gasteiger partial charge in [0.15, 0.2) is 0 Å². The molecule has 0 aliphatic heterocycles. The molecule has 0 aliphatic rings. The van der Waals surface area contributed by atoms with Crippen molar-refractivity contribution in [3.63, 3.8) is 0 Å². The first-order valence-corrected chi connectivity index (χ1v) is 10.4. The van der Waals surface area contributed by atoms with Gasteiger partial charge >= 0.3 is 0 Å². The summed E-state index contributed by atoms with van der Waals surface area (Å²) in [5.41, 5.74) is 1.46. The predicted molar refractivity (Wildman–Crippen MR) is 117 cm³/mol. The number of thiazole rings is 1. The lowest BCUT2D eigenvalue weighted by atomic mass is 10.2. The first-order chi connectivity index (χ1) is 14.0. The molecule has 0 fully saturated rings. The molecular formula is C21H22ClN3O3S. The number of carbonyl (C=O) groups excluding carboxylic acids is 2. The van der Waals surface area contributed by atoms with E-state index in [1.54, 1.807) is 36.6 Å². The van der Waals surface area contributed by atoms with Gasteiger partial charge in [-0.2, -0.15) is 0 Å². The van der Waals surface area contributed by atoms with Crippen LogP contribution in [0.1, 0.15) is 17.8 Å². The van der Waals surface area contributed by atoms with E-state index in [0.29, 0.717) is 29.3 Å². The maximum atomic E-state index is 12.4. The molecule has 3 aromatic rings. The van der Waals surface area contributed by atoms with Crippen LogP contribution in [0.25, 0.3) is 10.2 Å². The second kappa shape index (κ2) is 9.71. The lowest BCUT2D eigenvalue weighted by Crippen LogP contribution is -2.34. The second-order valence-electron chi connectivity index (χ2n) is 6.57. The number of amides is 2. The van der Waals surface area contributed by atoms with Crippen molar-refractivity contribution in [1.29, 1.82) is 0 Å². The number of aromatic nitrogens is 1. The molecule has 1 N–H and O–H groups in total. The lowest BCUT2D eigenvalue weighted by molar-refractivity contribution is -0.133. The molecule has 0 atom stereocenters. The van der Waals surface area contributed by atoms with Crippen LogP contribution in [0, 0.1) is 0 Å². The number of fused-ring (bicyclic) bond motifs is 1. The second-order valence-corrected chi connectivity index (χ2v) is 8.12. The van der Waals surface area contributed by atoms with E-state index in [1.165, 1.54) is 12.0 Å². The summed E-state index contributed by atoms with van der Waals surface area (Å²) in [4.78, 5) is 30.6. The molecule has 3 rings (SSSR count). The maximum Gasteiger partial charge on any atom is 0.244 e. The number of para-hydroxylation sites is 1. The van der Waals surface area contributed by atoms with E-state index in [9.17, 15) is 9.59 Å². The summed E-state index contributed by atoms with van der Waals surface area (Å²) in [6, 6.07) is 13.0. The molecule has 0 aliphatic carbocycles. The molecule has 2 aromatic carbocycles. The molecule has 2 amide bonds. The third kappa shape index (κ3) is 5.68. The molecule has 29 heavy (non-hydrogen) atoms. The van der Waals surface area contributed by atoms with Crippen LogP contribution in [0.15, 0.2) is 42.5 Å². The number of carbonyl (C=O) groups is 2. The third-order valence-corrected chi connectivity index (χ3v) is 5.69. The molecule has 0 bridgehead atoms. The SMILES string of the molecule is COc1ccc(Cl)cc1NC(=O)CN(C)C(=O)CCCc1nc2ccccc2s1. The van der Waals surface area contributed by atoms with E-state index in [0.717, 1.165) is 21.6 Å². The van der Waals surface area contributed by atoms with Gasteiger partial charge in [0, 0.05) is 18.5 Å². The molecule has 0 saturated heterocycles. The Kier molecular flexibility index (Phi) is 7.06. The zero-order chi connectivity index (χ0) is 20.8. The highest BCUT2D eigenvalue weighted by atomic mass is 35.5. The van der Waals surface area contributed by atoms with Crippen LogP contribution in [0.2, 0.25) is 5.02 Å². The fourth-order valence-corrected chi connectivity index (χ4v) is 4.06. The highest BCUT2D eigenvalue weighted by Crippen LogP contribution is 2.27. The molecule has 0 unspecified atom stereocenters. The minimum atomic E-state index is -0.312. The quantitative estimate of drug-likeness (QED) is 0.574. The topological polar surface area (TPSA) is 71.5 Å². The molecular weight excluding hydrogens is 410 g/mol. The van der Waals surface area contributed by atoms with Crippen LogP contribution >= 0.6 is 22.9 Å². The first kappa shape index (κ1) is 21.1. The van der Waals surface area contributed by atoms with E-state index >= 15 is 0 Å². The Labute approximate surface area is 178 Å². The Hall–Kier alpha value is -2.64. The zero-order valence-corrected chi connectivity index (χ0v) is 17.8. The van der Waals surface area contributed by atoms with E-state index in [2.05, 4.69) is 10.3 Å². The lowest BCUT2D eigenvalue weighted by Gasteiger charge is -2.17. The fraction of sp³-hybridized carbons (Fsp3) is 0.286. The summed E-state index contributed by atoms with van der Waals surface area (Å²) in [6.45, 7) is -0.0460. The van der Waals surface area contributed by atoms with Gasteiger partial charge in [0.1, 0.15) is 5.75 Å². The number of ether oxygens (including phenoxy) is 1. The van der Waals surface area contributed by atoms with Crippen LogP contribution < -0.4 is 10.1 Å². The summed E-state index contributed by atoms with van der Waals surface area (Å²) in [6.07, 6.45) is 1.79. The Morgan fingerprint density at radius 1 is 1.24 bits per heavy atom. The highest BCUT2D eigenvalue weighted by Gasteiger charge is 2.15. The van der Waals surface area contributed by atoms with Gasteiger partial charge in [0.05, 0.1) is 34.6 Å². The van der Waals surface area contributed by atoms with Crippen LogP contribution in [-0.2, 0) is 16.0 Å². The summed E-state index contributed by atoms with van der Waals surface area (Å²) in [5, 5.41) is 4.24. The van der Waals surface area contributed by atoms with Crippen molar-refractivity contribution >= 4 is 50.7 Å². The van der Waals surface area contributed by atoms with E-state index < -0.39 is 0 Å². The maximum absolute atomic E-state index is 12.4. The number of aryl methyl sites for hydroxylation is 1. The molecule has 0 radical (unpaired) electrons. The Balaban J connectivity index is 1.47. The summed E-state index contributed by atoms with van der Waals surface area (Å²) >= 11 is 7.62. The van der Waals surface area contributed by atoms with Crippen molar-refractivity contribution in [3.05, 3.63) is 52.5 Å². The monoisotopic (exact) mass is 431 g/mol. The standard InChI is InChI=1S/C21H22ClN3O3S/c1-25(13-19(26)23-16-12-14(22)10-11-17(16)28-2)21(27)9-5-8-20-24-15-6-3-4-7-18(15)29-20/h3-4,6-7,10-12H,5,8-9,13H2,1-2H3,(H,23,26). The number of anilines is 1. The van der Waals surface area contributed by atoms with Crippen LogP contribution in [0.3, 0.4) is 0 Å². The minimum absolute atomic E-state index is 0.0460. The van der Waals surface area contributed by atoms with Crippen molar-refractivity contribution in [1.82, 2.24) is 9.88 Å². The van der Waals surface area contributed by atoms with Gasteiger partial charge in [-0.05, 0) is 43.2 Å². The van der Waals surface area contributed by atoms with Gasteiger partial charge in [-0.15, -0.1) is 11.3 Å². The number of methoxy groups -OCH3 is 1. The largest absolute Gasteiger partial charge is 0.495 e. The molecule has 0 spiro atoms. The van der Waals surface area contributed by atoms with Gasteiger partial charge in [-0.1, -0.05) is 23.7 Å². The third-order valence-electron chi connectivity index (χ3n) is 4.36. The number of hydrogen-bond acceptors (Lipinski definition) is 5. The van der Waals surface area contributed by atoms with Gasteiger partial charge < -0.3 is 15.0 Å². The van der Waals surface area contributed by atoms with Gasteiger partial charge in [-0.25, -0.2) is 4.98 Å². The molecule has 1 aromatic heterocycles. The normalized spacial score (nSPS) is 10.7. The van der Waals surface area contributed by atoms with E-state index in [1.807, 2.05) is 24.3 Å². The average molecular weight is 432 g/mol. The average Bonchev–Trinajstić information content (AvgIpc) is 3.10. The molecule has 152 valence electrons. The van der Waals surface area contributed by atoms with Crippen LogP contribution in [0.4, 0.5) is 5.69 Å². The van der Waals surface area contributed by atoms with Crippen molar-refractivity contribution in [2.24, 2.45) is 0 Å². The molecule has 1 heterocycles. The Morgan fingerprint density at radius 2 is 2.03 bits per heavy atom. The van der Waals surface area contributed by atoms with Crippen molar-refractivity contribution < 1.29 is 14.3 Å². The summed E-state index contributed by atoms with van der Waals surface area (Å²) < 4.78 is 6.36. The predicted octanol–water partition coefficient (Wildman–Crippen LogP) is 4.38. The van der Waals surface area contributed by atoms with E-state index in [4.69, 9.17) is 16.3 Å². The van der Waals surface area contributed by atoms with Crippen LogP contribution in [0.5, 0.6) is 5.75 Å². The Morgan fingerprint density at radius 3 is 2.79 bits per heavy atom. The number of nitrogens with zero attached hydrogens (tertiary/aromatic N) is 2.